The Morgan fingerprint density at radius 1 is 1.26 bits per heavy atom. The fourth-order valence-corrected chi connectivity index (χ4v) is 5.55. The van der Waals surface area contributed by atoms with Crippen molar-refractivity contribution in [1.29, 1.82) is 5.26 Å². The smallest absolute Gasteiger partial charge is 0.240 e. The number of β-amino-alcohol motifs (C(OH)–C–C–N with tert-alkyl or cyclic N) is 1. The van der Waals surface area contributed by atoms with Gasteiger partial charge in [-0.05, 0) is 82.6 Å². The van der Waals surface area contributed by atoms with Gasteiger partial charge < -0.3 is 25.1 Å². The lowest BCUT2D eigenvalue weighted by Gasteiger charge is -2.14. The number of nitrogens with zero attached hydrogens (tertiary/aromatic N) is 4. The molecule has 2 atom stereocenters. The molecule has 0 aliphatic carbocycles. The van der Waals surface area contributed by atoms with Crippen LogP contribution in [0.3, 0.4) is 0 Å². The van der Waals surface area contributed by atoms with Crippen molar-refractivity contribution in [2.75, 3.05) is 44.6 Å². The molecule has 3 heterocycles. The van der Waals surface area contributed by atoms with E-state index in [0.717, 1.165) is 30.1 Å². The molecule has 0 bridgehead atoms. The fourth-order valence-electron chi connectivity index (χ4n) is 4.43. The molecule has 3 aliphatic rings. The number of nitriles is 1. The minimum Gasteiger partial charge on any atom is -0.391 e. The summed E-state index contributed by atoms with van der Waals surface area (Å²) in [5, 5.41) is 21.4. The zero-order valence-electron chi connectivity index (χ0n) is 23.1. The van der Waals surface area contributed by atoms with Crippen LogP contribution in [0.25, 0.3) is 0 Å². The van der Waals surface area contributed by atoms with E-state index in [1.165, 1.54) is 56.7 Å². The number of benzene rings is 1. The SMILES string of the molecule is C=CNc1ccc(CCN2CCCC2)cc1.CC(=O)N1CCC(O)C1.CCN1C(=O)C(C)SC1=CCC#N. The van der Waals surface area contributed by atoms with Gasteiger partial charge in [-0.2, -0.15) is 5.26 Å². The van der Waals surface area contributed by atoms with E-state index in [9.17, 15) is 9.59 Å². The van der Waals surface area contributed by atoms with Gasteiger partial charge in [-0.1, -0.05) is 30.5 Å². The van der Waals surface area contributed by atoms with Crippen LogP contribution in [0.2, 0.25) is 0 Å². The summed E-state index contributed by atoms with van der Waals surface area (Å²) in [5.74, 6) is 0.211. The van der Waals surface area contributed by atoms with Crippen molar-refractivity contribution in [2.24, 2.45) is 0 Å². The Kier molecular flexibility index (Phi) is 14.0. The molecule has 0 aromatic heterocycles. The maximum atomic E-state index is 11.5. The van der Waals surface area contributed by atoms with Crippen LogP contribution < -0.4 is 5.32 Å². The third-order valence-corrected chi connectivity index (χ3v) is 7.79. The largest absolute Gasteiger partial charge is 0.391 e. The predicted molar refractivity (Wildman–Crippen MR) is 155 cm³/mol. The van der Waals surface area contributed by atoms with Crippen molar-refractivity contribution in [3.05, 3.63) is 53.7 Å². The van der Waals surface area contributed by atoms with Gasteiger partial charge in [0.15, 0.2) is 0 Å². The molecule has 2 unspecified atom stereocenters. The van der Waals surface area contributed by atoms with Crippen molar-refractivity contribution in [3.63, 3.8) is 0 Å². The summed E-state index contributed by atoms with van der Waals surface area (Å²) in [7, 11) is 0. The second kappa shape index (κ2) is 16.9. The Hall–Kier alpha value is -2.80. The van der Waals surface area contributed by atoms with E-state index in [1.807, 2.05) is 26.0 Å². The van der Waals surface area contributed by atoms with E-state index in [0.29, 0.717) is 19.5 Å². The first-order valence-electron chi connectivity index (χ1n) is 13.5. The quantitative estimate of drug-likeness (QED) is 0.534. The number of anilines is 1. The van der Waals surface area contributed by atoms with Crippen molar-refractivity contribution in [3.8, 4) is 6.07 Å². The maximum absolute atomic E-state index is 11.5. The zero-order valence-corrected chi connectivity index (χ0v) is 23.9. The highest BCUT2D eigenvalue weighted by Gasteiger charge is 2.31. The van der Waals surface area contributed by atoms with Gasteiger partial charge in [0.1, 0.15) is 0 Å². The Bertz CT molecular complexity index is 969. The van der Waals surface area contributed by atoms with Gasteiger partial charge >= 0.3 is 0 Å². The topological polar surface area (TPSA) is 99.9 Å². The monoisotopic (exact) mass is 541 g/mol. The molecular weight excluding hydrogens is 498 g/mol. The first kappa shape index (κ1) is 31.4. The van der Waals surface area contributed by atoms with Crippen molar-refractivity contribution in [1.82, 2.24) is 14.7 Å². The highest BCUT2D eigenvalue weighted by Crippen LogP contribution is 2.34. The molecule has 8 nitrogen and oxygen atoms in total. The molecule has 2 N–H and O–H groups in total. The average Bonchev–Trinajstić information content (AvgIpc) is 3.65. The highest BCUT2D eigenvalue weighted by atomic mass is 32.2. The van der Waals surface area contributed by atoms with Crippen molar-refractivity contribution in [2.45, 2.75) is 64.2 Å². The summed E-state index contributed by atoms with van der Waals surface area (Å²) in [6.07, 6.45) is 8.26. The Labute approximate surface area is 232 Å². The second-order valence-electron chi connectivity index (χ2n) is 9.50. The number of allylic oxidation sites excluding steroid dienone is 1. The van der Waals surface area contributed by atoms with Crippen LogP contribution in [0.4, 0.5) is 5.69 Å². The van der Waals surface area contributed by atoms with E-state index in [-0.39, 0.29) is 23.2 Å². The number of carbonyl (C=O) groups is 2. The van der Waals surface area contributed by atoms with Gasteiger partial charge in [0.2, 0.25) is 11.8 Å². The molecule has 4 rings (SSSR count). The summed E-state index contributed by atoms with van der Waals surface area (Å²) in [5.41, 5.74) is 2.53. The van der Waals surface area contributed by atoms with Gasteiger partial charge in [0.25, 0.3) is 0 Å². The lowest BCUT2D eigenvalue weighted by Crippen LogP contribution is -2.27. The first-order chi connectivity index (χ1) is 18.3. The number of aliphatic hydroxyl groups is 1. The van der Waals surface area contributed by atoms with E-state index >= 15 is 0 Å². The summed E-state index contributed by atoms with van der Waals surface area (Å²) in [6.45, 7) is 14.7. The molecule has 38 heavy (non-hydrogen) atoms. The van der Waals surface area contributed by atoms with Gasteiger partial charge in [0.05, 0.1) is 28.9 Å². The number of rotatable bonds is 7. The predicted octanol–water partition coefficient (Wildman–Crippen LogP) is 4.21. The van der Waals surface area contributed by atoms with Crippen LogP contribution in [0.1, 0.15) is 52.0 Å². The van der Waals surface area contributed by atoms with E-state index in [1.54, 1.807) is 16.0 Å². The molecular formula is C29H43N5O3S. The van der Waals surface area contributed by atoms with E-state index in [4.69, 9.17) is 10.4 Å². The molecule has 2 amide bonds. The second-order valence-corrected chi connectivity index (χ2v) is 10.9. The van der Waals surface area contributed by atoms with Crippen LogP contribution in [-0.2, 0) is 16.0 Å². The van der Waals surface area contributed by atoms with E-state index in [2.05, 4.69) is 41.1 Å². The Balaban J connectivity index is 0.000000208. The average molecular weight is 542 g/mol. The minimum atomic E-state index is -0.283. The molecule has 0 spiro atoms. The molecule has 1 aromatic carbocycles. The Morgan fingerprint density at radius 3 is 2.45 bits per heavy atom. The van der Waals surface area contributed by atoms with Crippen LogP contribution >= 0.6 is 11.8 Å². The van der Waals surface area contributed by atoms with Crippen LogP contribution in [0.5, 0.6) is 0 Å². The number of thioether (sulfide) groups is 1. The number of amides is 2. The van der Waals surface area contributed by atoms with Gasteiger partial charge in [-0.15, -0.1) is 0 Å². The first-order valence-corrected chi connectivity index (χ1v) is 14.3. The normalized spacial score (nSPS) is 21.9. The number of aliphatic hydroxyl groups excluding tert-OH is 1. The van der Waals surface area contributed by atoms with Gasteiger partial charge in [-0.25, -0.2) is 0 Å². The number of likely N-dealkylation sites (tertiary alicyclic amines) is 2. The molecule has 9 heteroatoms. The summed E-state index contributed by atoms with van der Waals surface area (Å²) >= 11 is 1.53. The van der Waals surface area contributed by atoms with Gasteiger partial charge in [0, 0.05) is 38.8 Å². The van der Waals surface area contributed by atoms with Crippen molar-refractivity contribution < 1.29 is 14.7 Å². The summed E-state index contributed by atoms with van der Waals surface area (Å²) in [6, 6.07) is 10.7. The standard InChI is InChI=1S/C14H20N2.C9H12N2OS.C6H11NO2/c1-2-15-14-7-5-13(6-8-14)9-12-16-10-3-4-11-16;1-3-11-8(5-4-6-10)13-7(2)9(11)12;1-5(8)7-3-2-6(9)4-7/h2,5-8,15H,1,3-4,9-12H2;5,7H,3-4H2,1-2H3;6,9H,2-4H2,1H3. The number of hydrogen-bond acceptors (Lipinski definition) is 7. The zero-order chi connectivity index (χ0) is 27.9. The molecule has 0 saturated carbocycles. The fraction of sp³-hybridized carbons (Fsp3) is 0.552. The van der Waals surface area contributed by atoms with Gasteiger partial charge in [-0.3, -0.25) is 9.59 Å². The third-order valence-electron chi connectivity index (χ3n) is 6.61. The lowest BCUT2D eigenvalue weighted by molar-refractivity contribution is -0.128. The van der Waals surface area contributed by atoms with Crippen LogP contribution in [-0.4, -0.2) is 82.2 Å². The number of nitrogens with one attached hydrogen (secondary N) is 1. The molecule has 3 saturated heterocycles. The number of carbonyl (C=O) groups excluding carboxylic acids is 2. The Morgan fingerprint density at radius 2 is 1.95 bits per heavy atom. The lowest BCUT2D eigenvalue weighted by atomic mass is 10.1. The minimum absolute atomic E-state index is 0.00453. The highest BCUT2D eigenvalue weighted by molar-refractivity contribution is 8.04. The molecule has 0 radical (unpaired) electrons. The molecule has 208 valence electrons. The van der Waals surface area contributed by atoms with Crippen LogP contribution in [0, 0.1) is 11.3 Å². The third kappa shape index (κ3) is 10.5. The van der Waals surface area contributed by atoms with Crippen molar-refractivity contribution >= 4 is 29.3 Å². The van der Waals surface area contributed by atoms with Crippen LogP contribution in [0.15, 0.2) is 48.1 Å². The van der Waals surface area contributed by atoms with E-state index < -0.39 is 0 Å². The molecule has 1 aromatic rings. The summed E-state index contributed by atoms with van der Waals surface area (Å²) in [4.78, 5) is 28.0. The summed E-state index contributed by atoms with van der Waals surface area (Å²) < 4.78 is 0. The molecule has 3 aliphatic heterocycles. The maximum Gasteiger partial charge on any atom is 0.240 e. The number of hydrogen-bond donors (Lipinski definition) is 2. The molecule has 3 fully saturated rings.